The summed E-state index contributed by atoms with van der Waals surface area (Å²) in [6.45, 7) is 7.43. The molecule has 0 radical (unpaired) electrons. The molecule has 2 fully saturated rings. The third-order valence-corrected chi connectivity index (χ3v) is 6.25. The number of aromatic amines is 1. The quantitative estimate of drug-likeness (QED) is 0.753. The van der Waals surface area contributed by atoms with Crippen molar-refractivity contribution in [1.82, 2.24) is 25.3 Å². The zero-order chi connectivity index (χ0) is 20.3. The van der Waals surface area contributed by atoms with Crippen molar-refractivity contribution in [3.8, 4) is 11.3 Å². The van der Waals surface area contributed by atoms with E-state index in [9.17, 15) is 4.79 Å². The maximum Gasteiger partial charge on any atom is 0.317 e. The third-order valence-electron chi connectivity index (χ3n) is 6.25. The summed E-state index contributed by atoms with van der Waals surface area (Å²) in [5.74, 6) is 0. The highest BCUT2D eigenvalue weighted by molar-refractivity contribution is 5.74. The van der Waals surface area contributed by atoms with Crippen molar-refractivity contribution in [2.24, 2.45) is 5.41 Å². The summed E-state index contributed by atoms with van der Waals surface area (Å²) in [4.78, 5) is 17.0. The molecule has 1 unspecified atom stereocenters. The van der Waals surface area contributed by atoms with Crippen molar-refractivity contribution < 1.29 is 9.53 Å². The lowest BCUT2D eigenvalue weighted by atomic mass is 10.1. The van der Waals surface area contributed by atoms with Gasteiger partial charge in [0.05, 0.1) is 30.6 Å². The maximum absolute atomic E-state index is 12.7. The number of nitrogens with one attached hydrogen (secondary N) is 2. The van der Waals surface area contributed by atoms with Crippen LogP contribution in [0.2, 0.25) is 0 Å². The molecule has 1 aliphatic carbocycles. The molecule has 7 nitrogen and oxygen atoms in total. The largest absolute Gasteiger partial charge is 0.379 e. The van der Waals surface area contributed by atoms with Gasteiger partial charge in [-0.05, 0) is 25.8 Å². The molecule has 2 aromatic rings. The van der Waals surface area contributed by atoms with Crippen LogP contribution >= 0.6 is 0 Å². The number of amides is 2. The summed E-state index contributed by atoms with van der Waals surface area (Å²) in [5.41, 5.74) is 3.12. The molecule has 7 heteroatoms. The average molecular weight is 398 g/mol. The Morgan fingerprint density at radius 3 is 2.72 bits per heavy atom. The molecule has 0 bridgehead atoms. The Morgan fingerprint density at radius 2 is 2.03 bits per heavy atom. The minimum atomic E-state index is -0.0886. The number of hydrogen-bond acceptors (Lipinski definition) is 4. The third kappa shape index (κ3) is 4.79. The van der Waals surface area contributed by atoms with Crippen LogP contribution in [0.5, 0.6) is 0 Å². The van der Waals surface area contributed by atoms with Crippen molar-refractivity contribution >= 4 is 6.03 Å². The van der Waals surface area contributed by atoms with E-state index in [2.05, 4.69) is 20.4 Å². The van der Waals surface area contributed by atoms with Crippen LogP contribution in [-0.4, -0.2) is 72.5 Å². The fourth-order valence-electron chi connectivity index (χ4n) is 3.88. The second-order valence-electron chi connectivity index (χ2n) is 8.41. The minimum absolute atomic E-state index is 0.0402. The molecule has 1 saturated heterocycles. The highest BCUT2D eigenvalue weighted by Crippen LogP contribution is 2.45. The molecule has 4 rings (SSSR count). The van der Waals surface area contributed by atoms with Gasteiger partial charge in [-0.1, -0.05) is 30.3 Å². The second-order valence-corrected chi connectivity index (χ2v) is 8.41. The van der Waals surface area contributed by atoms with Crippen LogP contribution in [0.1, 0.15) is 31.5 Å². The molecule has 1 aromatic heterocycles. The standard InChI is InChI=1S/C22H31N5O2/c1-17(19-14-20(25-24-19)18-6-4-3-5-7-18)26(2)21(28)23-15-22(8-9-22)16-27-10-12-29-13-11-27/h3-7,14,17H,8-13,15-16H2,1-2H3,(H,23,28)(H,24,25). The van der Waals surface area contributed by atoms with Crippen LogP contribution in [-0.2, 0) is 4.74 Å². The first-order valence-electron chi connectivity index (χ1n) is 10.5. The summed E-state index contributed by atoms with van der Waals surface area (Å²) in [7, 11) is 1.84. The molecule has 1 aromatic carbocycles. The van der Waals surface area contributed by atoms with Crippen LogP contribution in [0.15, 0.2) is 36.4 Å². The lowest BCUT2D eigenvalue weighted by molar-refractivity contribution is 0.0284. The van der Waals surface area contributed by atoms with Crippen molar-refractivity contribution in [3.63, 3.8) is 0 Å². The molecule has 1 aliphatic heterocycles. The van der Waals surface area contributed by atoms with Gasteiger partial charge in [-0.15, -0.1) is 0 Å². The Morgan fingerprint density at radius 1 is 1.31 bits per heavy atom. The average Bonchev–Trinajstić information content (AvgIpc) is 3.34. The smallest absolute Gasteiger partial charge is 0.317 e. The molecular formula is C22H31N5O2. The van der Waals surface area contributed by atoms with Crippen LogP contribution in [0.4, 0.5) is 4.79 Å². The Labute approximate surface area is 172 Å². The molecule has 2 amide bonds. The summed E-state index contributed by atoms with van der Waals surface area (Å²) in [6.07, 6.45) is 2.37. The molecule has 1 atom stereocenters. The highest BCUT2D eigenvalue weighted by Gasteiger charge is 2.44. The van der Waals surface area contributed by atoms with Crippen molar-refractivity contribution in [1.29, 1.82) is 0 Å². The van der Waals surface area contributed by atoms with E-state index in [1.54, 1.807) is 4.90 Å². The van der Waals surface area contributed by atoms with Gasteiger partial charge in [0, 0.05) is 44.2 Å². The molecule has 2 N–H and O–H groups in total. The molecule has 0 spiro atoms. The number of carbonyl (C=O) groups is 1. The van der Waals surface area contributed by atoms with E-state index in [1.807, 2.05) is 50.4 Å². The normalized spacial score (nSPS) is 19.5. The van der Waals surface area contributed by atoms with Crippen LogP contribution in [0, 0.1) is 5.41 Å². The fourth-order valence-corrected chi connectivity index (χ4v) is 3.88. The van der Waals surface area contributed by atoms with Gasteiger partial charge in [0.2, 0.25) is 0 Å². The molecule has 1 saturated carbocycles. The van der Waals surface area contributed by atoms with Gasteiger partial charge < -0.3 is 15.0 Å². The minimum Gasteiger partial charge on any atom is -0.379 e. The van der Waals surface area contributed by atoms with Gasteiger partial charge in [0.1, 0.15) is 0 Å². The van der Waals surface area contributed by atoms with Crippen LogP contribution in [0.3, 0.4) is 0 Å². The number of morpholine rings is 1. The topological polar surface area (TPSA) is 73.5 Å². The number of aromatic nitrogens is 2. The van der Waals surface area contributed by atoms with E-state index in [1.165, 1.54) is 12.8 Å². The van der Waals surface area contributed by atoms with Gasteiger partial charge in [-0.2, -0.15) is 5.10 Å². The number of carbonyl (C=O) groups excluding carboxylic acids is 1. The first-order valence-corrected chi connectivity index (χ1v) is 10.5. The summed E-state index contributed by atoms with van der Waals surface area (Å²) >= 11 is 0. The lowest BCUT2D eigenvalue weighted by Gasteiger charge is -2.31. The Kier molecular flexibility index (Phi) is 5.87. The van der Waals surface area contributed by atoms with Crippen molar-refractivity contribution in [2.75, 3.05) is 46.4 Å². The molecular weight excluding hydrogens is 366 g/mol. The number of H-pyrrole nitrogens is 1. The van der Waals surface area contributed by atoms with E-state index in [4.69, 9.17) is 4.74 Å². The van der Waals surface area contributed by atoms with E-state index in [0.29, 0.717) is 0 Å². The Bertz CT molecular complexity index is 812. The molecule has 2 aliphatic rings. The molecule has 29 heavy (non-hydrogen) atoms. The molecule has 156 valence electrons. The van der Waals surface area contributed by atoms with Gasteiger partial charge in [-0.25, -0.2) is 4.79 Å². The Hall–Kier alpha value is -2.38. The number of nitrogens with zero attached hydrogens (tertiary/aromatic N) is 3. The second kappa shape index (κ2) is 8.55. The van der Waals surface area contributed by atoms with Gasteiger partial charge in [0.15, 0.2) is 0 Å². The highest BCUT2D eigenvalue weighted by atomic mass is 16.5. The predicted molar refractivity (Wildman–Crippen MR) is 113 cm³/mol. The summed E-state index contributed by atoms with van der Waals surface area (Å²) in [6, 6.07) is 11.9. The summed E-state index contributed by atoms with van der Waals surface area (Å²) in [5, 5.41) is 10.7. The lowest BCUT2D eigenvalue weighted by Crippen LogP contribution is -2.45. The number of hydrogen-bond donors (Lipinski definition) is 2. The van der Waals surface area contributed by atoms with Crippen LogP contribution < -0.4 is 5.32 Å². The fraction of sp³-hybridized carbons (Fsp3) is 0.545. The van der Waals surface area contributed by atoms with E-state index >= 15 is 0 Å². The number of benzene rings is 1. The van der Waals surface area contributed by atoms with E-state index in [-0.39, 0.29) is 17.5 Å². The van der Waals surface area contributed by atoms with Crippen molar-refractivity contribution in [3.05, 3.63) is 42.1 Å². The van der Waals surface area contributed by atoms with Gasteiger partial charge in [-0.3, -0.25) is 10.00 Å². The number of rotatable bonds is 7. The first-order chi connectivity index (χ1) is 14.1. The Balaban J connectivity index is 1.30. The zero-order valence-corrected chi connectivity index (χ0v) is 17.4. The monoisotopic (exact) mass is 397 g/mol. The predicted octanol–water partition coefficient (Wildman–Crippen LogP) is 2.89. The van der Waals surface area contributed by atoms with Crippen molar-refractivity contribution in [2.45, 2.75) is 25.8 Å². The zero-order valence-electron chi connectivity index (χ0n) is 17.4. The van der Waals surface area contributed by atoms with E-state index < -0.39 is 0 Å². The SMILES string of the molecule is CC(c1cc(-c2ccccc2)n[nH]1)N(C)C(=O)NCC1(CN2CCOCC2)CC1. The first kappa shape index (κ1) is 19.9. The van der Waals surface area contributed by atoms with Gasteiger partial charge in [0.25, 0.3) is 0 Å². The van der Waals surface area contributed by atoms with Gasteiger partial charge >= 0.3 is 6.03 Å². The van der Waals surface area contributed by atoms with E-state index in [0.717, 1.165) is 56.3 Å². The summed E-state index contributed by atoms with van der Waals surface area (Å²) < 4.78 is 5.44. The number of ether oxygens (including phenoxy) is 1. The maximum atomic E-state index is 12.7. The molecule has 2 heterocycles. The van der Waals surface area contributed by atoms with Crippen LogP contribution in [0.25, 0.3) is 11.3 Å². The number of urea groups is 1.